The molecule has 2 aliphatic heterocycles. The topological polar surface area (TPSA) is 35.5 Å². The Morgan fingerprint density at radius 2 is 1.86 bits per heavy atom. The minimum atomic E-state index is -0.0823. The van der Waals surface area contributed by atoms with Crippen molar-refractivity contribution in [2.24, 2.45) is 0 Å². The molecule has 2 heterocycles. The van der Waals surface area contributed by atoms with Crippen molar-refractivity contribution in [3.63, 3.8) is 0 Å². The van der Waals surface area contributed by atoms with Gasteiger partial charge in [-0.1, -0.05) is 0 Å². The highest BCUT2D eigenvalue weighted by Crippen LogP contribution is 2.23. The molecular weight excluding hydrogens is 176 g/mol. The van der Waals surface area contributed by atoms with Gasteiger partial charge in [-0.3, -0.25) is 4.90 Å². The van der Waals surface area contributed by atoms with Crippen molar-refractivity contribution in [2.75, 3.05) is 19.6 Å². The van der Waals surface area contributed by atoms with Gasteiger partial charge in [0.05, 0.1) is 6.10 Å². The number of aliphatic hydroxyl groups excluding tert-OH is 1. The van der Waals surface area contributed by atoms with Crippen LogP contribution < -0.4 is 5.32 Å². The molecule has 2 aliphatic rings. The van der Waals surface area contributed by atoms with Crippen LogP contribution in [0.2, 0.25) is 0 Å². The predicted octanol–water partition coefficient (Wildman–Crippen LogP) is 0.584. The molecule has 2 saturated heterocycles. The fourth-order valence-corrected chi connectivity index (χ4v) is 2.76. The summed E-state index contributed by atoms with van der Waals surface area (Å²) < 4.78 is 0. The monoisotopic (exact) mass is 198 g/mol. The van der Waals surface area contributed by atoms with Crippen molar-refractivity contribution in [1.29, 1.82) is 0 Å². The Morgan fingerprint density at radius 1 is 1.14 bits per heavy atom. The van der Waals surface area contributed by atoms with Crippen LogP contribution in [-0.2, 0) is 0 Å². The lowest BCUT2D eigenvalue weighted by atomic mass is 9.95. The summed E-state index contributed by atoms with van der Waals surface area (Å²) in [6.07, 6.45) is 4.56. The molecule has 0 radical (unpaired) electrons. The lowest BCUT2D eigenvalue weighted by Crippen LogP contribution is -2.52. The second-order valence-corrected chi connectivity index (χ2v) is 4.76. The van der Waals surface area contributed by atoms with Crippen molar-refractivity contribution < 1.29 is 5.11 Å². The van der Waals surface area contributed by atoms with Gasteiger partial charge in [-0.05, 0) is 45.7 Å². The summed E-state index contributed by atoms with van der Waals surface area (Å²) in [5, 5.41) is 13.1. The second-order valence-electron chi connectivity index (χ2n) is 4.76. The molecule has 2 rings (SSSR count). The molecule has 0 amide bonds. The van der Waals surface area contributed by atoms with Gasteiger partial charge in [0.25, 0.3) is 0 Å². The van der Waals surface area contributed by atoms with E-state index in [2.05, 4.69) is 17.1 Å². The van der Waals surface area contributed by atoms with Crippen LogP contribution in [0, 0.1) is 0 Å². The van der Waals surface area contributed by atoms with Crippen LogP contribution in [0.3, 0.4) is 0 Å². The maximum atomic E-state index is 9.67. The summed E-state index contributed by atoms with van der Waals surface area (Å²) in [4.78, 5) is 2.52. The van der Waals surface area contributed by atoms with E-state index in [-0.39, 0.29) is 6.10 Å². The van der Waals surface area contributed by atoms with Gasteiger partial charge in [0.1, 0.15) is 0 Å². The Balaban J connectivity index is 1.92. The van der Waals surface area contributed by atoms with Crippen molar-refractivity contribution in [1.82, 2.24) is 10.2 Å². The molecule has 2 unspecified atom stereocenters. The van der Waals surface area contributed by atoms with E-state index in [4.69, 9.17) is 0 Å². The molecule has 0 aromatic carbocycles. The SMILES string of the molecule is CC1CCC(O)CN1C1CCNCC1. The van der Waals surface area contributed by atoms with Crippen molar-refractivity contribution in [3.05, 3.63) is 0 Å². The van der Waals surface area contributed by atoms with Crippen LogP contribution >= 0.6 is 0 Å². The summed E-state index contributed by atoms with van der Waals surface area (Å²) in [6, 6.07) is 1.38. The molecular formula is C11H22N2O. The Hall–Kier alpha value is -0.120. The van der Waals surface area contributed by atoms with E-state index in [0.29, 0.717) is 12.1 Å². The second kappa shape index (κ2) is 4.60. The highest BCUT2D eigenvalue weighted by molar-refractivity contribution is 4.86. The van der Waals surface area contributed by atoms with E-state index >= 15 is 0 Å². The maximum absolute atomic E-state index is 9.67. The summed E-state index contributed by atoms with van der Waals surface area (Å²) in [7, 11) is 0. The van der Waals surface area contributed by atoms with Crippen LogP contribution in [-0.4, -0.2) is 47.8 Å². The van der Waals surface area contributed by atoms with E-state index in [9.17, 15) is 5.11 Å². The van der Waals surface area contributed by atoms with Gasteiger partial charge < -0.3 is 10.4 Å². The fourth-order valence-electron chi connectivity index (χ4n) is 2.76. The number of β-amino-alcohol motifs (C(OH)–C–C–N with tert-alkyl or cyclic N) is 1. The van der Waals surface area contributed by atoms with Crippen LogP contribution in [0.5, 0.6) is 0 Å². The highest BCUT2D eigenvalue weighted by atomic mass is 16.3. The standard InChI is InChI=1S/C11H22N2O/c1-9-2-3-11(14)8-13(9)10-4-6-12-7-5-10/h9-12,14H,2-8H2,1H3. The number of likely N-dealkylation sites (tertiary alicyclic amines) is 1. The number of piperidine rings is 2. The fraction of sp³-hybridized carbons (Fsp3) is 1.00. The number of nitrogens with one attached hydrogen (secondary N) is 1. The number of aliphatic hydroxyl groups is 1. The van der Waals surface area contributed by atoms with Crippen molar-refractivity contribution >= 4 is 0 Å². The Labute approximate surface area is 86.5 Å². The minimum absolute atomic E-state index is 0.0823. The van der Waals surface area contributed by atoms with Crippen LogP contribution in [0.4, 0.5) is 0 Å². The summed E-state index contributed by atoms with van der Waals surface area (Å²) >= 11 is 0. The summed E-state index contributed by atoms with van der Waals surface area (Å²) in [5.41, 5.74) is 0. The molecule has 2 atom stereocenters. The molecule has 0 aromatic rings. The molecule has 2 N–H and O–H groups in total. The first kappa shape index (κ1) is 10.4. The number of rotatable bonds is 1. The van der Waals surface area contributed by atoms with Crippen LogP contribution in [0.1, 0.15) is 32.6 Å². The molecule has 0 saturated carbocycles. The van der Waals surface area contributed by atoms with Gasteiger partial charge in [0.2, 0.25) is 0 Å². The molecule has 0 spiro atoms. The maximum Gasteiger partial charge on any atom is 0.0667 e. The van der Waals surface area contributed by atoms with Gasteiger partial charge in [0, 0.05) is 18.6 Å². The molecule has 0 aromatic heterocycles. The highest BCUT2D eigenvalue weighted by Gasteiger charge is 2.30. The quantitative estimate of drug-likeness (QED) is 0.647. The Morgan fingerprint density at radius 3 is 2.57 bits per heavy atom. The molecule has 0 bridgehead atoms. The first-order chi connectivity index (χ1) is 6.77. The van der Waals surface area contributed by atoms with Gasteiger partial charge in [-0.25, -0.2) is 0 Å². The van der Waals surface area contributed by atoms with Gasteiger partial charge in [0.15, 0.2) is 0 Å². The third kappa shape index (κ3) is 2.27. The van der Waals surface area contributed by atoms with E-state index in [0.717, 1.165) is 32.5 Å². The Kier molecular flexibility index (Phi) is 3.42. The van der Waals surface area contributed by atoms with Gasteiger partial charge >= 0.3 is 0 Å². The van der Waals surface area contributed by atoms with E-state index in [1.165, 1.54) is 12.8 Å². The molecule has 14 heavy (non-hydrogen) atoms. The summed E-state index contributed by atoms with van der Waals surface area (Å²) in [6.45, 7) is 5.48. The molecule has 3 nitrogen and oxygen atoms in total. The lowest BCUT2D eigenvalue weighted by Gasteiger charge is -2.43. The average molecular weight is 198 g/mol. The van der Waals surface area contributed by atoms with Gasteiger partial charge in [-0.15, -0.1) is 0 Å². The van der Waals surface area contributed by atoms with Crippen LogP contribution in [0.25, 0.3) is 0 Å². The zero-order valence-electron chi connectivity index (χ0n) is 9.08. The zero-order valence-corrected chi connectivity index (χ0v) is 9.08. The molecule has 3 heteroatoms. The predicted molar refractivity (Wildman–Crippen MR) is 57.3 cm³/mol. The molecule has 0 aliphatic carbocycles. The first-order valence-electron chi connectivity index (χ1n) is 5.92. The lowest BCUT2D eigenvalue weighted by molar-refractivity contribution is 0.00676. The molecule has 82 valence electrons. The largest absolute Gasteiger partial charge is 0.392 e. The number of hydrogen-bond acceptors (Lipinski definition) is 3. The van der Waals surface area contributed by atoms with E-state index in [1.807, 2.05) is 0 Å². The number of nitrogens with zero attached hydrogens (tertiary/aromatic N) is 1. The third-order valence-electron chi connectivity index (χ3n) is 3.68. The third-order valence-corrected chi connectivity index (χ3v) is 3.68. The minimum Gasteiger partial charge on any atom is -0.392 e. The van der Waals surface area contributed by atoms with Crippen molar-refractivity contribution in [2.45, 2.75) is 50.8 Å². The van der Waals surface area contributed by atoms with E-state index in [1.54, 1.807) is 0 Å². The van der Waals surface area contributed by atoms with E-state index < -0.39 is 0 Å². The normalized spacial score (nSPS) is 37.3. The number of hydrogen-bond donors (Lipinski definition) is 2. The van der Waals surface area contributed by atoms with Gasteiger partial charge in [-0.2, -0.15) is 0 Å². The Bertz CT molecular complexity index is 180. The zero-order chi connectivity index (χ0) is 9.97. The smallest absolute Gasteiger partial charge is 0.0667 e. The summed E-state index contributed by atoms with van der Waals surface area (Å²) in [5.74, 6) is 0. The van der Waals surface area contributed by atoms with Crippen LogP contribution in [0.15, 0.2) is 0 Å². The van der Waals surface area contributed by atoms with Crippen molar-refractivity contribution in [3.8, 4) is 0 Å². The average Bonchev–Trinajstić information content (AvgIpc) is 2.23. The first-order valence-corrected chi connectivity index (χ1v) is 5.92. The molecule has 2 fully saturated rings.